The molecule has 0 amide bonds. The predicted octanol–water partition coefficient (Wildman–Crippen LogP) is 5.86. The summed E-state index contributed by atoms with van der Waals surface area (Å²) in [5, 5.41) is 0. The summed E-state index contributed by atoms with van der Waals surface area (Å²) in [6.07, 6.45) is 0. The molecular weight excluding hydrogens is 268 g/mol. The maximum absolute atomic E-state index is 5.89. The van der Waals surface area contributed by atoms with E-state index in [4.69, 9.17) is 4.74 Å². The van der Waals surface area contributed by atoms with Gasteiger partial charge in [-0.3, -0.25) is 0 Å². The average Bonchev–Trinajstić information content (AvgIpc) is 2.44. The largest absolute Gasteiger partial charge is 0.489 e. The highest BCUT2D eigenvalue weighted by Crippen LogP contribution is 2.25. The van der Waals surface area contributed by atoms with Crippen molar-refractivity contribution in [2.45, 2.75) is 59.0 Å². The van der Waals surface area contributed by atoms with Gasteiger partial charge in [0.2, 0.25) is 0 Å². The third kappa shape index (κ3) is 4.37. The molecule has 0 saturated heterocycles. The van der Waals surface area contributed by atoms with Crippen LogP contribution in [0.1, 0.15) is 58.2 Å². The van der Waals surface area contributed by atoms with Crippen molar-refractivity contribution in [3.63, 3.8) is 0 Å². The van der Waals surface area contributed by atoms with Crippen LogP contribution in [0, 0.1) is 0 Å². The third-order valence-electron chi connectivity index (χ3n) is 3.95. The molecule has 0 unspecified atom stereocenters. The lowest BCUT2D eigenvalue weighted by atomic mass is 9.87. The number of benzene rings is 2. The number of ether oxygens (including phenoxy) is 1. The Labute approximate surface area is 135 Å². The van der Waals surface area contributed by atoms with Crippen LogP contribution in [0.15, 0.2) is 48.5 Å². The Morgan fingerprint density at radius 1 is 0.636 bits per heavy atom. The molecule has 0 aliphatic heterocycles. The van der Waals surface area contributed by atoms with Gasteiger partial charge in [-0.1, -0.05) is 77.9 Å². The Hall–Kier alpha value is -1.76. The molecule has 0 atom stereocenters. The van der Waals surface area contributed by atoms with Crippen molar-refractivity contribution in [2.75, 3.05) is 0 Å². The van der Waals surface area contributed by atoms with E-state index in [1.807, 2.05) is 0 Å². The summed E-state index contributed by atoms with van der Waals surface area (Å²) in [6.45, 7) is 14.0. The first kappa shape index (κ1) is 16.6. The van der Waals surface area contributed by atoms with Crippen molar-refractivity contribution in [2.24, 2.45) is 0 Å². The van der Waals surface area contributed by atoms with Gasteiger partial charge >= 0.3 is 0 Å². The van der Waals surface area contributed by atoms with Crippen LogP contribution in [0.3, 0.4) is 0 Å². The van der Waals surface area contributed by atoms with Gasteiger partial charge < -0.3 is 4.74 Å². The molecule has 1 nitrogen and oxygen atoms in total. The molecule has 2 aromatic rings. The molecule has 0 fully saturated rings. The van der Waals surface area contributed by atoms with Crippen molar-refractivity contribution in [3.05, 3.63) is 65.2 Å². The molecule has 118 valence electrons. The summed E-state index contributed by atoms with van der Waals surface area (Å²) in [5.74, 6) is 0.924. The normalized spacial score (nSPS) is 12.3. The lowest BCUT2D eigenvalue weighted by molar-refractivity contribution is 0.306. The van der Waals surface area contributed by atoms with E-state index < -0.39 is 0 Å². The average molecular weight is 296 g/mol. The second kappa shape index (κ2) is 6.16. The highest BCUT2D eigenvalue weighted by Gasteiger charge is 2.14. The Morgan fingerprint density at radius 2 is 1.05 bits per heavy atom. The van der Waals surface area contributed by atoms with Crippen molar-refractivity contribution < 1.29 is 4.74 Å². The van der Waals surface area contributed by atoms with Gasteiger partial charge in [0.1, 0.15) is 12.4 Å². The fourth-order valence-corrected chi connectivity index (χ4v) is 2.32. The van der Waals surface area contributed by atoms with Gasteiger partial charge in [-0.25, -0.2) is 0 Å². The molecule has 0 aliphatic carbocycles. The minimum absolute atomic E-state index is 0.182. The highest BCUT2D eigenvalue weighted by molar-refractivity contribution is 5.32. The summed E-state index contributed by atoms with van der Waals surface area (Å²) < 4.78 is 5.89. The van der Waals surface area contributed by atoms with Crippen LogP contribution in [0.2, 0.25) is 0 Å². The standard InChI is InChI=1S/C21H28O/c1-20(2,3)17-9-7-16(8-10-17)15-22-19-13-11-18(12-14-19)21(4,5)6/h7-14H,15H2,1-6H3. The molecule has 2 rings (SSSR count). The molecule has 0 bridgehead atoms. The van der Waals surface area contributed by atoms with Crippen molar-refractivity contribution in [1.82, 2.24) is 0 Å². The fourth-order valence-electron chi connectivity index (χ4n) is 2.32. The molecule has 0 spiro atoms. The Kier molecular flexibility index (Phi) is 4.65. The van der Waals surface area contributed by atoms with E-state index in [9.17, 15) is 0 Å². The van der Waals surface area contributed by atoms with Gasteiger partial charge in [-0.05, 0) is 39.7 Å². The number of hydrogen-bond acceptors (Lipinski definition) is 1. The summed E-state index contributed by atoms with van der Waals surface area (Å²) in [4.78, 5) is 0. The maximum Gasteiger partial charge on any atom is 0.119 e. The van der Waals surface area contributed by atoms with Crippen LogP contribution < -0.4 is 4.74 Å². The van der Waals surface area contributed by atoms with E-state index >= 15 is 0 Å². The third-order valence-corrected chi connectivity index (χ3v) is 3.95. The molecule has 2 aromatic carbocycles. The number of rotatable bonds is 3. The lowest BCUT2D eigenvalue weighted by Gasteiger charge is -2.20. The predicted molar refractivity (Wildman–Crippen MR) is 94.6 cm³/mol. The van der Waals surface area contributed by atoms with Crippen molar-refractivity contribution in [3.8, 4) is 5.75 Å². The molecule has 0 saturated carbocycles. The zero-order valence-corrected chi connectivity index (χ0v) is 14.7. The van der Waals surface area contributed by atoms with Crippen molar-refractivity contribution in [1.29, 1.82) is 0 Å². The van der Waals surface area contributed by atoms with E-state index in [1.54, 1.807) is 0 Å². The van der Waals surface area contributed by atoms with E-state index in [1.165, 1.54) is 16.7 Å². The van der Waals surface area contributed by atoms with Gasteiger partial charge in [0.25, 0.3) is 0 Å². The monoisotopic (exact) mass is 296 g/mol. The summed E-state index contributed by atoms with van der Waals surface area (Å²) >= 11 is 0. The molecule has 0 heterocycles. The lowest BCUT2D eigenvalue weighted by Crippen LogP contribution is -2.11. The second-order valence-electron chi connectivity index (χ2n) is 8.01. The highest BCUT2D eigenvalue weighted by atomic mass is 16.5. The Bertz CT molecular complexity index is 535. The quantitative estimate of drug-likeness (QED) is 0.689. The van der Waals surface area contributed by atoms with Gasteiger partial charge in [-0.15, -0.1) is 0 Å². The molecule has 22 heavy (non-hydrogen) atoms. The van der Waals surface area contributed by atoms with E-state index in [-0.39, 0.29) is 10.8 Å². The van der Waals surface area contributed by atoms with Gasteiger partial charge in [-0.2, -0.15) is 0 Å². The topological polar surface area (TPSA) is 9.23 Å². The zero-order chi connectivity index (χ0) is 16.4. The van der Waals surface area contributed by atoms with Crippen LogP contribution in [0.5, 0.6) is 5.75 Å². The SMILES string of the molecule is CC(C)(C)c1ccc(COc2ccc(C(C)(C)C)cc2)cc1. The van der Waals surface area contributed by atoms with Gasteiger partial charge in [0.15, 0.2) is 0 Å². The van der Waals surface area contributed by atoms with Crippen molar-refractivity contribution >= 4 is 0 Å². The van der Waals surface area contributed by atoms with Crippen LogP contribution in [0.4, 0.5) is 0 Å². The first-order chi connectivity index (χ1) is 10.2. The Morgan fingerprint density at radius 3 is 1.45 bits per heavy atom. The molecular formula is C21H28O. The van der Waals surface area contributed by atoms with E-state index in [0.29, 0.717) is 6.61 Å². The molecule has 0 radical (unpaired) electrons. The van der Waals surface area contributed by atoms with Crippen LogP contribution in [-0.4, -0.2) is 0 Å². The Balaban J connectivity index is 1.98. The smallest absolute Gasteiger partial charge is 0.119 e. The molecule has 0 N–H and O–H groups in total. The van der Waals surface area contributed by atoms with Gasteiger partial charge in [0, 0.05) is 0 Å². The maximum atomic E-state index is 5.89. The summed E-state index contributed by atoms with van der Waals surface area (Å²) in [7, 11) is 0. The molecule has 0 aliphatic rings. The number of hydrogen-bond donors (Lipinski definition) is 0. The minimum Gasteiger partial charge on any atom is -0.489 e. The van der Waals surface area contributed by atoms with Crippen LogP contribution in [-0.2, 0) is 17.4 Å². The van der Waals surface area contributed by atoms with Gasteiger partial charge in [0.05, 0.1) is 0 Å². The minimum atomic E-state index is 0.182. The molecule has 1 heteroatoms. The first-order valence-electron chi connectivity index (χ1n) is 7.99. The van der Waals surface area contributed by atoms with Crippen LogP contribution >= 0.6 is 0 Å². The fraction of sp³-hybridized carbons (Fsp3) is 0.429. The van der Waals surface area contributed by atoms with Crippen LogP contribution in [0.25, 0.3) is 0 Å². The molecule has 0 aromatic heterocycles. The first-order valence-corrected chi connectivity index (χ1v) is 7.99. The van der Waals surface area contributed by atoms with E-state index in [2.05, 4.69) is 90.1 Å². The zero-order valence-electron chi connectivity index (χ0n) is 14.7. The second-order valence-corrected chi connectivity index (χ2v) is 8.01. The summed E-state index contributed by atoms with van der Waals surface area (Å²) in [5.41, 5.74) is 4.26. The summed E-state index contributed by atoms with van der Waals surface area (Å²) in [6, 6.07) is 17.1. The van der Waals surface area contributed by atoms with E-state index in [0.717, 1.165) is 5.75 Å².